The number of carbonyl (C=O) groups is 2. The van der Waals surface area contributed by atoms with Gasteiger partial charge in [-0.3, -0.25) is 9.69 Å². The van der Waals surface area contributed by atoms with Gasteiger partial charge in [0, 0.05) is 20.3 Å². The zero-order valence-corrected chi connectivity index (χ0v) is 11.5. The van der Waals surface area contributed by atoms with Crippen LogP contribution in [0.4, 0.5) is 0 Å². The second-order valence-electron chi connectivity index (χ2n) is 4.23. The van der Waals surface area contributed by atoms with Crippen molar-refractivity contribution in [1.82, 2.24) is 9.80 Å². The molecule has 5 nitrogen and oxygen atoms in total. The van der Waals surface area contributed by atoms with E-state index >= 15 is 0 Å². The Morgan fingerprint density at radius 1 is 1.24 bits per heavy atom. The molecule has 1 unspecified atom stereocenters. The van der Waals surface area contributed by atoms with E-state index < -0.39 is 5.97 Å². The summed E-state index contributed by atoms with van der Waals surface area (Å²) in [6.45, 7) is 3.73. The van der Waals surface area contributed by atoms with E-state index in [4.69, 9.17) is 4.74 Å². The number of nitrogens with zero attached hydrogens (tertiary/aromatic N) is 2. The zero-order valence-electron chi connectivity index (χ0n) is 11.5. The zero-order chi connectivity index (χ0) is 13.6. The Kier molecular flexibility index (Phi) is 6.50. The molecule has 0 bridgehead atoms. The molecule has 0 fully saturated rings. The molecular formula is C12H22N2O3. The molecule has 0 aromatic carbocycles. The van der Waals surface area contributed by atoms with Gasteiger partial charge in [-0.2, -0.15) is 0 Å². The molecule has 0 radical (unpaired) electrons. The molecule has 0 aliphatic rings. The van der Waals surface area contributed by atoms with Gasteiger partial charge in [0.25, 0.3) is 0 Å². The van der Waals surface area contributed by atoms with Crippen LogP contribution in [-0.2, 0) is 14.3 Å². The topological polar surface area (TPSA) is 49.9 Å². The minimum absolute atomic E-state index is 0.0815. The smallest absolute Gasteiger partial charge is 0.343 e. The molecule has 0 spiro atoms. The summed E-state index contributed by atoms with van der Waals surface area (Å²) in [5.41, 5.74) is 0.0815. The van der Waals surface area contributed by atoms with Gasteiger partial charge in [-0.25, -0.2) is 4.79 Å². The number of esters is 1. The Morgan fingerprint density at radius 3 is 2.12 bits per heavy atom. The van der Waals surface area contributed by atoms with Crippen LogP contribution in [0.2, 0.25) is 0 Å². The van der Waals surface area contributed by atoms with Crippen LogP contribution in [0, 0.1) is 0 Å². The summed E-state index contributed by atoms with van der Waals surface area (Å²) in [6.07, 6.45) is 1.50. The molecule has 0 heterocycles. The summed E-state index contributed by atoms with van der Waals surface area (Å²) < 4.78 is 4.88. The van der Waals surface area contributed by atoms with Crippen molar-refractivity contribution >= 4 is 11.8 Å². The molecule has 0 aliphatic heterocycles. The Balaban J connectivity index is 5.07. The third kappa shape index (κ3) is 4.99. The molecule has 98 valence electrons. The Hall–Kier alpha value is -1.36. The summed E-state index contributed by atoms with van der Waals surface area (Å²) in [5.74, 6) is -0.804. The first-order valence-corrected chi connectivity index (χ1v) is 5.57. The monoisotopic (exact) mass is 242 g/mol. The average molecular weight is 242 g/mol. The van der Waals surface area contributed by atoms with Crippen molar-refractivity contribution in [1.29, 1.82) is 0 Å². The molecule has 0 saturated carbocycles. The minimum Gasteiger partial charge on any atom is -0.462 e. The van der Waals surface area contributed by atoms with Gasteiger partial charge in [0.05, 0.1) is 12.6 Å². The second-order valence-corrected chi connectivity index (χ2v) is 4.23. The molecule has 0 aromatic heterocycles. The SMILES string of the molecule is CCOC(=O)/C(=C\N(C)C)C(=O)C(C)N(C)C. The highest BCUT2D eigenvalue weighted by Crippen LogP contribution is 2.08. The van der Waals surface area contributed by atoms with E-state index in [1.165, 1.54) is 6.20 Å². The highest BCUT2D eigenvalue weighted by Gasteiger charge is 2.26. The van der Waals surface area contributed by atoms with Crippen LogP contribution in [0.5, 0.6) is 0 Å². The standard InChI is InChI=1S/C12H22N2O3/c1-7-17-12(16)10(8-13(3)4)11(15)9(2)14(5)6/h8-9H,7H2,1-6H3/b10-8-. The lowest BCUT2D eigenvalue weighted by atomic mass is 10.1. The Labute approximate surface area is 103 Å². The predicted molar refractivity (Wildman–Crippen MR) is 66.6 cm³/mol. The van der Waals surface area contributed by atoms with Crippen molar-refractivity contribution in [2.75, 3.05) is 34.8 Å². The third-order valence-corrected chi connectivity index (χ3v) is 2.30. The molecule has 0 saturated heterocycles. The molecule has 1 atom stereocenters. The van der Waals surface area contributed by atoms with E-state index in [2.05, 4.69) is 0 Å². The van der Waals surface area contributed by atoms with E-state index in [9.17, 15) is 9.59 Å². The van der Waals surface area contributed by atoms with Crippen LogP contribution in [0.1, 0.15) is 13.8 Å². The molecule has 0 aliphatic carbocycles. The summed E-state index contributed by atoms with van der Waals surface area (Å²) in [7, 11) is 7.10. The number of ether oxygens (including phenoxy) is 1. The van der Waals surface area contributed by atoms with Gasteiger partial charge in [0.2, 0.25) is 0 Å². The van der Waals surface area contributed by atoms with Crippen LogP contribution in [0.15, 0.2) is 11.8 Å². The van der Waals surface area contributed by atoms with Crippen molar-refractivity contribution in [3.05, 3.63) is 11.8 Å². The largest absolute Gasteiger partial charge is 0.462 e. The molecule has 0 aromatic rings. The second kappa shape index (κ2) is 7.06. The van der Waals surface area contributed by atoms with Gasteiger partial charge in [-0.1, -0.05) is 0 Å². The predicted octanol–water partition coefficient (Wildman–Crippen LogP) is 0.514. The fourth-order valence-electron chi connectivity index (χ4n) is 1.14. The number of likely N-dealkylation sites (N-methyl/N-ethyl adjacent to an activating group) is 1. The summed E-state index contributed by atoms with van der Waals surface area (Å²) in [6, 6.07) is -0.356. The number of carbonyl (C=O) groups excluding carboxylic acids is 2. The van der Waals surface area contributed by atoms with Gasteiger partial charge in [0.1, 0.15) is 5.57 Å². The van der Waals surface area contributed by atoms with Crippen LogP contribution in [-0.4, -0.2) is 62.4 Å². The van der Waals surface area contributed by atoms with Crippen LogP contribution in [0.25, 0.3) is 0 Å². The van der Waals surface area contributed by atoms with E-state index in [1.54, 1.807) is 51.8 Å². The van der Waals surface area contributed by atoms with Gasteiger partial charge >= 0.3 is 5.97 Å². The number of Topliss-reactive ketones (excluding diaryl/α,β-unsaturated/α-hetero) is 1. The molecular weight excluding hydrogens is 220 g/mol. The molecule has 0 rings (SSSR count). The minimum atomic E-state index is -0.570. The molecule has 5 heteroatoms. The maximum absolute atomic E-state index is 12.1. The fourth-order valence-corrected chi connectivity index (χ4v) is 1.14. The van der Waals surface area contributed by atoms with E-state index in [1.807, 2.05) is 0 Å². The van der Waals surface area contributed by atoms with E-state index in [0.717, 1.165) is 0 Å². The van der Waals surface area contributed by atoms with Gasteiger partial charge in [-0.15, -0.1) is 0 Å². The highest BCUT2D eigenvalue weighted by molar-refractivity contribution is 6.19. The molecule has 0 amide bonds. The number of hydrogen-bond donors (Lipinski definition) is 0. The summed E-state index contributed by atoms with van der Waals surface area (Å²) >= 11 is 0. The Morgan fingerprint density at radius 2 is 1.76 bits per heavy atom. The maximum atomic E-state index is 12.1. The average Bonchev–Trinajstić information content (AvgIpc) is 2.23. The normalized spacial score (nSPS) is 13.5. The van der Waals surface area contributed by atoms with Crippen molar-refractivity contribution in [3.8, 4) is 0 Å². The maximum Gasteiger partial charge on any atom is 0.343 e. The molecule has 17 heavy (non-hydrogen) atoms. The number of rotatable bonds is 6. The molecule has 0 N–H and O–H groups in total. The van der Waals surface area contributed by atoms with Crippen LogP contribution in [0.3, 0.4) is 0 Å². The third-order valence-electron chi connectivity index (χ3n) is 2.30. The number of ketones is 1. The van der Waals surface area contributed by atoms with E-state index in [-0.39, 0.29) is 24.0 Å². The summed E-state index contributed by atoms with van der Waals surface area (Å²) in [5, 5.41) is 0. The van der Waals surface area contributed by atoms with Gasteiger partial charge in [0.15, 0.2) is 5.78 Å². The van der Waals surface area contributed by atoms with Crippen molar-refractivity contribution in [2.24, 2.45) is 0 Å². The first-order chi connectivity index (χ1) is 7.81. The number of hydrogen-bond acceptors (Lipinski definition) is 5. The quantitative estimate of drug-likeness (QED) is 0.294. The first-order valence-electron chi connectivity index (χ1n) is 5.57. The lowest BCUT2D eigenvalue weighted by Gasteiger charge is -2.20. The Bertz CT molecular complexity index is 309. The summed E-state index contributed by atoms with van der Waals surface area (Å²) in [4.78, 5) is 27.2. The first kappa shape index (κ1) is 15.6. The van der Waals surface area contributed by atoms with Gasteiger partial charge < -0.3 is 9.64 Å². The lowest BCUT2D eigenvalue weighted by molar-refractivity contribution is -0.140. The fraction of sp³-hybridized carbons (Fsp3) is 0.667. The highest BCUT2D eigenvalue weighted by atomic mass is 16.5. The van der Waals surface area contributed by atoms with Gasteiger partial charge in [-0.05, 0) is 27.9 Å². The van der Waals surface area contributed by atoms with Crippen molar-refractivity contribution in [2.45, 2.75) is 19.9 Å². The lowest BCUT2D eigenvalue weighted by Crippen LogP contribution is -2.36. The van der Waals surface area contributed by atoms with Crippen molar-refractivity contribution in [3.63, 3.8) is 0 Å². The van der Waals surface area contributed by atoms with Crippen LogP contribution >= 0.6 is 0 Å². The van der Waals surface area contributed by atoms with Crippen molar-refractivity contribution < 1.29 is 14.3 Å². The van der Waals surface area contributed by atoms with E-state index in [0.29, 0.717) is 0 Å². The van der Waals surface area contributed by atoms with Crippen LogP contribution < -0.4 is 0 Å².